The fourth-order valence-electron chi connectivity index (χ4n) is 1.73. The Kier molecular flexibility index (Phi) is 1.69. The summed E-state index contributed by atoms with van der Waals surface area (Å²) in [4.78, 5) is 0. The van der Waals surface area contributed by atoms with Crippen molar-refractivity contribution in [1.82, 2.24) is 0 Å². The van der Waals surface area contributed by atoms with Gasteiger partial charge >= 0.3 is 0 Å². The van der Waals surface area contributed by atoms with Gasteiger partial charge in [0.25, 0.3) is 0 Å². The van der Waals surface area contributed by atoms with Gasteiger partial charge in [0.05, 0.1) is 0 Å². The van der Waals surface area contributed by atoms with Crippen molar-refractivity contribution in [3.63, 3.8) is 0 Å². The molecule has 1 aliphatic heterocycles. The molecule has 15 heavy (non-hydrogen) atoms. The molecule has 0 fully saturated rings. The van der Waals surface area contributed by atoms with Gasteiger partial charge in [0.1, 0.15) is 11.3 Å². The van der Waals surface area contributed by atoms with Gasteiger partial charge in [0.2, 0.25) is 6.79 Å². The highest BCUT2D eigenvalue weighted by molar-refractivity contribution is 5.82. The molecule has 0 aliphatic carbocycles. The van der Waals surface area contributed by atoms with E-state index >= 15 is 0 Å². The molecule has 0 bridgehead atoms. The van der Waals surface area contributed by atoms with Crippen molar-refractivity contribution in [2.45, 2.75) is 19.8 Å². The van der Waals surface area contributed by atoms with E-state index in [9.17, 15) is 0 Å². The van der Waals surface area contributed by atoms with E-state index in [0.717, 1.165) is 28.2 Å². The van der Waals surface area contributed by atoms with Crippen LogP contribution in [0.25, 0.3) is 11.0 Å². The fraction of sp³-hybridized carbons (Fsp3) is 0.333. The lowest BCUT2D eigenvalue weighted by Gasteiger charge is -1.96. The molecule has 1 aromatic heterocycles. The predicted octanol–water partition coefficient (Wildman–Crippen LogP) is 3.28. The van der Waals surface area contributed by atoms with E-state index in [0.29, 0.717) is 12.7 Å². The van der Waals surface area contributed by atoms with Crippen molar-refractivity contribution in [3.05, 3.63) is 24.0 Å². The molecule has 1 aliphatic rings. The van der Waals surface area contributed by atoms with Crippen LogP contribution in [0.15, 0.2) is 22.6 Å². The first kappa shape index (κ1) is 8.65. The summed E-state index contributed by atoms with van der Waals surface area (Å²) in [7, 11) is 0. The minimum absolute atomic E-state index is 0.305. The molecule has 0 atom stereocenters. The van der Waals surface area contributed by atoms with E-state index in [4.69, 9.17) is 13.9 Å². The molecule has 3 nitrogen and oxygen atoms in total. The molecule has 0 spiro atoms. The standard InChI is InChI=1S/C12H12O3/c1-7(2)9-3-8-4-11-12(14-6-13-11)5-10(8)15-9/h3-5,7H,6H2,1-2H3. The molecular formula is C12H12O3. The summed E-state index contributed by atoms with van der Waals surface area (Å²) in [6.45, 7) is 4.52. The molecule has 3 heteroatoms. The van der Waals surface area contributed by atoms with Gasteiger partial charge in [0.15, 0.2) is 11.5 Å². The Labute approximate surface area is 87.6 Å². The second-order valence-electron chi connectivity index (χ2n) is 4.05. The summed E-state index contributed by atoms with van der Waals surface area (Å²) in [6, 6.07) is 5.92. The van der Waals surface area contributed by atoms with Crippen molar-refractivity contribution < 1.29 is 13.9 Å². The van der Waals surface area contributed by atoms with Gasteiger partial charge in [-0.15, -0.1) is 0 Å². The largest absolute Gasteiger partial charge is 0.461 e. The summed E-state index contributed by atoms with van der Waals surface area (Å²) in [5.41, 5.74) is 0.864. The van der Waals surface area contributed by atoms with E-state index in [-0.39, 0.29) is 0 Å². The van der Waals surface area contributed by atoms with Crippen LogP contribution in [0.1, 0.15) is 25.5 Å². The number of furan rings is 1. The number of hydrogen-bond acceptors (Lipinski definition) is 3. The second kappa shape index (κ2) is 2.92. The smallest absolute Gasteiger partial charge is 0.231 e. The van der Waals surface area contributed by atoms with Crippen molar-refractivity contribution in [2.24, 2.45) is 0 Å². The quantitative estimate of drug-likeness (QED) is 0.714. The van der Waals surface area contributed by atoms with E-state index in [2.05, 4.69) is 19.9 Å². The number of fused-ring (bicyclic) bond motifs is 2. The number of hydrogen-bond donors (Lipinski definition) is 0. The molecule has 0 N–H and O–H groups in total. The molecular weight excluding hydrogens is 192 g/mol. The third kappa shape index (κ3) is 1.27. The molecule has 3 rings (SSSR count). The zero-order valence-corrected chi connectivity index (χ0v) is 8.74. The molecule has 0 saturated carbocycles. The summed E-state index contributed by atoms with van der Waals surface area (Å²) in [5, 5.41) is 1.07. The topological polar surface area (TPSA) is 31.6 Å². The van der Waals surface area contributed by atoms with Crippen LogP contribution >= 0.6 is 0 Å². The van der Waals surface area contributed by atoms with Gasteiger partial charge < -0.3 is 13.9 Å². The average molecular weight is 204 g/mol. The molecule has 2 heterocycles. The normalized spacial score (nSPS) is 14.1. The Hall–Kier alpha value is -1.64. The Morgan fingerprint density at radius 1 is 1.07 bits per heavy atom. The van der Waals surface area contributed by atoms with Crippen LogP contribution in [0, 0.1) is 0 Å². The van der Waals surface area contributed by atoms with Crippen LogP contribution in [0.3, 0.4) is 0 Å². The monoisotopic (exact) mass is 204 g/mol. The Morgan fingerprint density at radius 2 is 1.80 bits per heavy atom. The third-order valence-electron chi connectivity index (χ3n) is 2.60. The lowest BCUT2D eigenvalue weighted by molar-refractivity contribution is 0.174. The van der Waals surface area contributed by atoms with Crippen molar-refractivity contribution in [3.8, 4) is 11.5 Å². The summed E-state index contributed by atoms with van der Waals surface area (Å²) >= 11 is 0. The van der Waals surface area contributed by atoms with Crippen molar-refractivity contribution in [1.29, 1.82) is 0 Å². The maximum Gasteiger partial charge on any atom is 0.231 e. The minimum atomic E-state index is 0.305. The first-order valence-electron chi connectivity index (χ1n) is 5.07. The third-order valence-corrected chi connectivity index (χ3v) is 2.60. The van der Waals surface area contributed by atoms with Gasteiger partial charge in [-0.25, -0.2) is 0 Å². The van der Waals surface area contributed by atoms with Gasteiger partial charge in [0, 0.05) is 17.4 Å². The lowest BCUT2D eigenvalue weighted by Crippen LogP contribution is -1.92. The summed E-state index contributed by atoms with van der Waals surface area (Å²) in [6.07, 6.45) is 0. The number of ether oxygens (including phenoxy) is 2. The Bertz CT molecular complexity index is 470. The van der Waals surface area contributed by atoms with Gasteiger partial charge in [-0.1, -0.05) is 13.8 Å². The molecule has 1 aromatic carbocycles. The first-order valence-corrected chi connectivity index (χ1v) is 5.07. The summed E-state index contributed by atoms with van der Waals surface area (Å²) < 4.78 is 16.3. The fourth-order valence-corrected chi connectivity index (χ4v) is 1.73. The zero-order chi connectivity index (χ0) is 10.4. The highest BCUT2D eigenvalue weighted by Crippen LogP contribution is 2.37. The Morgan fingerprint density at radius 3 is 2.53 bits per heavy atom. The maximum absolute atomic E-state index is 5.72. The average Bonchev–Trinajstić information content (AvgIpc) is 2.77. The predicted molar refractivity (Wildman–Crippen MR) is 56.4 cm³/mol. The zero-order valence-electron chi connectivity index (χ0n) is 8.74. The molecule has 0 saturated heterocycles. The molecule has 0 unspecified atom stereocenters. The minimum Gasteiger partial charge on any atom is -0.461 e. The molecule has 78 valence electrons. The highest BCUT2D eigenvalue weighted by Gasteiger charge is 2.17. The summed E-state index contributed by atoms with van der Waals surface area (Å²) in [5.74, 6) is 2.97. The van der Waals surface area contributed by atoms with E-state index in [1.54, 1.807) is 0 Å². The van der Waals surface area contributed by atoms with Crippen LogP contribution in [-0.2, 0) is 0 Å². The van der Waals surface area contributed by atoms with Crippen LogP contribution in [0.5, 0.6) is 11.5 Å². The Balaban J connectivity index is 2.20. The second-order valence-corrected chi connectivity index (χ2v) is 4.05. The van der Waals surface area contributed by atoms with Crippen LogP contribution in [0.4, 0.5) is 0 Å². The molecule has 0 amide bonds. The van der Waals surface area contributed by atoms with Gasteiger partial charge in [-0.3, -0.25) is 0 Å². The first-order chi connectivity index (χ1) is 7.24. The van der Waals surface area contributed by atoms with Crippen molar-refractivity contribution >= 4 is 11.0 Å². The van der Waals surface area contributed by atoms with Gasteiger partial charge in [-0.05, 0) is 12.1 Å². The van der Waals surface area contributed by atoms with Crippen LogP contribution in [-0.4, -0.2) is 6.79 Å². The van der Waals surface area contributed by atoms with Gasteiger partial charge in [-0.2, -0.15) is 0 Å². The van der Waals surface area contributed by atoms with Crippen LogP contribution in [0.2, 0.25) is 0 Å². The van der Waals surface area contributed by atoms with E-state index < -0.39 is 0 Å². The van der Waals surface area contributed by atoms with E-state index in [1.807, 2.05) is 12.1 Å². The highest BCUT2D eigenvalue weighted by atomic mass is 16.7. The molecule has 0 radical (unpaired) electrons. The van der Waals surface area contributed by atoms with Crippen molar-refractivity contribution in [2.75, 3.05) is 6.79 Å². The van der Waals surface area contributed by atoms with Crippen LogP contribution < -0.4 is 9.47 Å². The lowest BCUT2D eigenvalue weighted by atomic mass is 10.1. The van der Waals surface area contributed by atoms with E-state index in [1.165, 1.54) is 0 Å². The molecule has 2 aromatic rings. The SMILES string of the molecule is CC(C)c1cc2cc3c(cc2o1)OCO3. The number of benzene rings is 1. The number of rotatable bonds is 1. The maximum atomic E-state index is 5.72.